The average Bonchev–Trinajstić information content (AvgIpc) is 2.47. The van der Waals surface area contributed by atoms with Gasteiger partial charge in [-0.15, -0.1) is 0 Å². The minimum absolute atomic E-state index is 0.0641. The fraction of sp³-hybridized carbons (Fsp3) is 0.214. The fourth-order valence-corrected chi connectivity index (χ4v) is 2.72. The second-order valence-electron chi connectivity index (χ2n) is 4.85. The molecule has 0 atom stereocenters. The lowest BCUT2D eigenvalue weighted by atomic mass is 10.2. The Morgan fingerprint density at radius 3 is 2.09 bits per heavy atom. The maximum atomic E-state index is 12.2. The Kier molecular flexibility index (Phi) is 4.41. The van der Waals surface area contributed by atoms with Gasteiger partial charge in [-0.2, -0.15) is 0 Å². The van der Waals surface area contributed by atoms with E-state index in [9.17, 15) is 13.2 Å². The van der Waals surface area contributed by atoms with Crippen LogP contribution in [-0.2, 0) is 10.0 Å². The Bertz CT molecular complexity index is 769. The van der Waals surface area contributed by atoms with E-state index in [1.807, 2.05) is 0 Å². The van der Waals surface area contributed by atoms with E-state index in [4.69, 9.17) is 0 Å². The molecule has 0 bridgehead atoms. The number of aromatic nitrogens is 2. The van der Waals surface area contributed by atoms with Gasteiger partial charge in [0, 0.05) is 19.7 Å². The highest BCUT2D eigenvalue weighted by molar-refractivity contribution is 7.92. The SMILES string of the molecule is CC(=O)c1ccc(S(=O)(=O)Nc2cnc(N(C)C)nc2)cc1. The zero-order valence-electron chi connectivity index (χ0n) is 12.4. The van der Waals surface area contributed by atoms with Gasteiger partial charge in [-0.1, -0.05) is 12.1 Å². The number of benzene rings is 1. The van der Waals surface area contributed by atoms with E-state index >= 15 is 0 Å². The molecule has 8 heteroatoms. The molecule has 0 aliphatic carbocycles. The van der Waals surface area contributed by atoms with Gasteiger partial charge in [0.1, 0.15) is 0 Å². The van der Waals surface area contributed by atoms with Crippen molar-refractivity contribution in [3.8, 4) is 0 Å². The number of rotatable bonds is 5. The smallest absolute Gasteiger partial charge is 0.261 e. The van der Waals surface area contributed by atoms with Crippen molar-refractivity contribution in [2.75, 3.05) is 23.7 Å². The molecule has 116 valence electrons. The molecule has 0 spiro atoms. The van der Waals surface area contributed by atoms with Crippen molar-refractivity contribution in [2.24, 2.45) is 0 Å². The molecule has 0 aliphatic rings. The van der Waals surface area contributed by atoms with Crippen molar-refractivity contribution < 1.29 is 13.2 Å². The van der Waals surface area contributed by atoms with Crippen molar-refractivity contribution in [3.05, 3.63) is 42.2 Å². The van der Waals surface area contributed by atoms with Gasteiger partial charge in [0.05, 0.1) is 23.0 Å². The van der Waals surface area contributed by atoms with Gasteiger partial charge in [-0.25, -0.2) is 18.4 Å². The zero-order chi connectivity index (χ0) is 16.3. The summed E-state index contributed by atoms with van der Waals surface area (Å²) in [6.45, 7) is 1.42. The third-order valence-corrected chi connectivity index (χ3v) is 4.26. The predicted octanol–water partition coefficient (Wildman–Crippen LogP) is 1.55. The van der Waals surface area contributed by atoms with Crippen LogP contribution < -0.4 is 9.62 Å². The molecule has 0 aliphatic heterocycles. The fourth-order valence-electron chi connectivity index (χ4n) is 1.69. The Hall–Kier alpha value is -2.48. The van der Waals surface area contributed by atoms with Crippen molar-refractivity contribution in [3.63, 3.8) is 0 Å². The van der Waals surface area contributed by atoms with Crippen LogP contribution in [0.25, 0.3) is 0 Å². The number of Topliss-reactive ketones (excluding diaryl/α,β-unsaturated/α-hetero) is 1. The number of ketones is 1. The molecule has 7 nitrogen and oxygen atoms in total. The number of nitrogens with zero attached hydrogens (tertiary/aromatic N) is 3. The molecule has 0 unspecified atom stereocenters. The van der Waals surface area contributed by atoms with E-state index in [2.05, 4.69) is 14.7 Å². The second-order valence-corrected chi connectivity index (χ2v) is 6.53. The van der Waals surface area contributed by atoms with E-state index < -0.39 is 10.0 Å². The van der Waals surface area contributed by atoms with Gasteiger partial charge in [0.15, 0.2) is 5.78 Å². The van der Waals surface area contributed by atoms with E-state index in [-0.39, 0.29) is 16.4 Å². The van der Waals surface area contributed by atoms with Crippen molar-refractivity contribution in [2.45, 2.75) is 11.8 Å². The Balaban J connectivity index is 2.21. The monoisotopic (exact) mass is 320 g/mol. The van der Waals surface area contributed by atoms with Crippen LogP contribution in [0, 0.1) is 0 Å². The lowest BCUT2D eigenvalue weighted by Gasteiger charge is -2.11. The summed E-state index contributed by atoms with van der Waals surface area (Å²) in [4.78, 5) is 21.0. The first-order valence-corrected chi connectivity index (χ1v) is 7.91. The quantitative estimate of drug-likeness (QED) is 0.840. The number of nitrogens with one attached hydrogen (secondary N) is 1. The summed E-state index contributed by atoms with van der Waals surface area (Å²) in [7, 11) is -0.169. The number of hydrogen-bond donors (Lipinski definition) is 1. The molecule has 1 N–H and O–H groups in total. The van der Waals surface area contributed by atoms with E-state index in [0.717, 1.165) is 0 Å². The van der Waals surface area contributed by atoms with E-state index in [1.54, 1.807) is 19.0 Å². The van der Waals surface area contributed by atoms with Gasteiger partial charge < -0.3 is 4.90 Å². The summed E-state index contributed by atoms with van der Waals surface area (Å²) in [6.07, 6.45) is 2.79. The van der Waals surface area contributed by atoms with Crippen LogP contribution in [0.1, 0.15) is 17.3 Å². The van der Waals surface area contributed by atoms with Crippen LogP contribution in [0.15, 0.2) is 41.6 Å². The van der Waals surface area contributed by atoms with Crippen LogP contribution in [0.3, 0.4) is 0 Å². The van der Waals surface area contributed by atoms with Crippen LogP contribution in [0.4, 0.5) is 11.6 Å². The average molecular weight is 320 g/mol. The Morgan fingerprint density at radius 1 is 1.09 bits per heavy atom. The molecule has 0 fully saturated rings. The van der Waals surface area contributed by atoms with Crippen LogP contribution in [0.2, 0.25) is 0 Å². The highest BCUT2D eigenvalue weighted by Gasteiger charge is 2.15. The minimum atomic E-state index is -3.74. The number of carbonyl (C=O) groups is 1. The summed E-state index contributed by atoms with van der Waals surface area (Å²) in [6, 6.07) is 5.72. The van der Waals surface area contributed by atoms with Crippen molar-refractivity contribution in [1.82, 2.24) is 9.97 Å². The van der Waals surface area contributed by atoms with Gasteiger partial charge in [-0.05, 0) is 19.1 Å². The topological polar surface area (TPSA) is 92.3 Å². The Morgan fingerprint density at radius 2 is 1.64 bits per heavy atom. The molecule has 2 rings (SSSR count). The zero-order valence-corrected chi connectivity index (χ0v) is 13.3. The first-order valence-electron chi connectivity index (χ1n) is 6.43. The third kappa shape index (κ3) is 3.59. The highest BCUT2D eigenvalue weighted by Crippen LogP contribution is 2.16. The summed E-state index contributed by atoms with van der Waals surface area (Å²) >= 11 is 0. The normalized spacial score (nSPS) is 11.0. The molecule has 22 heavy (non-hydrogen) atoms. The Labute approximate surface area is 129 Å². The van der Waals surface area contributed by atoms with E-state index in [1.165, 1.54) is 43.6 Å². The molecular weight excluding hydrogens is 304 g/mol. The molecule has 0 saturated heterocycles. The predicted molar refractivity (Wildman–Crippen MR) is 83.6 cm³/mol. The molecule has 1 aromatic heterocycles. The lowest BCUT2D eigenvalue weighted by molar-refractivity contribution is 0.101. The molecule has 1 aromatic carbocycles. The highest BCUT2D eigenvalue weighted by atomic mass is 32.2. The van der Waals surface area contributed by atoms with Crippen molar-refractivity contribution >= 4 is 27.4 Å². The number of hydrogen-bond acceptors (Lipinski definition) is 6. The van der Waals surface area contributed by atoms with Gasteiger partial charge in [-0.3, -0.25) is 9.52 Å². The molecular formula is C14H16N4O3S. The molecule has 0 amide bonds. The maximum Gasteiger partial charge on any atom is 0.261 e. The molecule has 0 radical (unpaired) electrons. The number of sulfonamides is 1. The third-order valence-electron chi connectivity index (χ3n) is 2.86. The molecule has 1 heterocycles. The minimum Gasteiger partial charge on any atom is -0.347 e. The van der Waals surface area contributed by atoms with Gasteiger partial charge in [0.2, 0.25) is 5.95 Å². The summed E-state index contributed by atoms with van der Waals surface area (Å²) in [5, 5.41) is 0. The largest absolute Gasteiger partial charge is 0.347 e. The van der Waals surface area contributed by atoms with Crippen LogP contribution in [0.5, 0.6) is 0 Å². The summed E-state index contributed by atoms with van der Waals surface area (Å²) in [5.74, 6) is 0.360. The summed E-state index contributed by atoms with van der Waals surface area (Å²) < 4.78 is 26.9. The van der Waals surface area contributed by atoms with Crippen LogP contribution in [-0.4, -0.2) is 38.3 Å². The number of carbonyl (C=O) groups excluding carboxylic acids is 1. The molecule has 0 saturated carbocycles. The second kappa shape index (κ2) is 6.10. The van der Waals surface area contributed by atoms with Crippen molar-refractivity contribution in [1.29, 1.82) is 0 Å². The number of anilines is 2. The lowest BCUT2D eigenvalue weighted by Crippen LogP contribution is -2.15. The maximum absolute atomic E-state index is 12.2. The molecule has 2 aromatic rings. The first-order chi connectivity index (χ1) is 10.3. The van der Waals surface area contributed by atoms with E-state index in [0.29, 0.717) is 11.5 Å². The van der Waals surface area contributed by atoms with Crippen LogP contribution >= 0.6 is 0 Å². The first kappa shape index (κ1) is 15.9. The summed E-state index contributed by atoms with van der Waals surface area (Å²) in [5.41, 5.74) is 0.721. The van der Waals surface area contributed by atoms with Gasteiger partial charge in [0.25, 0.3) is 10.0 Å². The van der Waals surface area contributed by atoms with Gasteiger partial charge >= 0.3 is 0 Å². The standard InChI is InChI=1S/C14H16N4O3S/c1-10(19)11-4-6-13(7-5-11)22(20,21)17-12-8-15-14(16-9-12)18(2)3/h4-9,17H,1-3H3.